The smallest absolute Gasteiger partial charge is 0.311 e. The molecule has 2 aliphatic heterocycles. The van der Waals surface area contributed by atoms with E-state index in [0.29, 0.717) is 25.0 Å². The molecule has 7 aromatic rings. The van der Waals surface area contributed by atoms with Crippen molar-refractivity contribution >= 4 is 58.3 Å². The van der Waals surface area contributed by atoms with Gasteiger partial charge in [0, 0.05) is 57.2 Å². The van der Waals surface area contributed by atoms with E-state index < -0.39 is 5.97 Å². The van der Waals surface area contributed by atoms with Gasteiger partial charge in [0.1, 0.15) is 5.75 Å². The van der Waals surface area contributed by atoms with Gasteiger partial charge in [-0.2, -0.15) is 0 Å². The number of carbonyl (C=O) groups excluding carboxylic acids is 1. The Balaban J connectivity index is 1.22. The number of rotatable bonds is 14. The van der Waals surface area contributed by atoms with Gasteiger partial charge in [0.15, 0.2) is 0 Å². The number of hydrogen-bond acceptors (Lipinski definition) is 5. The third-order valence-corrected chi connectivity index (χ3v) is 12.2. The number of aliphatic carboxylic acids is 1. The van der Waals surface area contributed by atoms with Crippen LogP contribution in [-0.2, 0) is 9.59 Å². The maximum atomic E-state index is 13.2. The average Bonchev–Trinajstić information content (AvgIpc) is 4.15. The molecule has 0 amide bonds. The molecule has 0 radical (unpaired) electrons. The molecule has 0 saturated heterocycles. The Hall–Kier alpha value is -7.58. The van der Waals surface area contributed by atoms with Crippen LogP contribution >= 0.6 is 0 Å². The van der Waals surface area contributed by atoms with Gasteiger partial charge >= 0.3 is 11.9 Å². The number of benzene rings is 4. The lowest BCUT2D eigenvalue weighted by Crippen LogP contribution is -2.07. The Morgan fingerprint density at radius 1 is 0.462 bits per heavy atom. The SMILES string of the molecule is Cc1ccc(-c2c3nc(c(-c4ccc(C)cc4)c4ccc([nH]4)c(-c4cccc(OC(=O)CCCCCCCCC(=O)O)c4)c4nc(c(-c5ccc(C)cc5)c5ccc2[nH]5)C=C4)C=C3)cc1. The summed E-state index contributed by atoms with van der Waals surface area (Å²) in [6.07, 6.45) is 14.0. The minimum atomic E-state index is -0.755. The number of esters is 1. The summed E-state index contributed by atoms with van der Waals surface area (Å²) in [5.41, 5.74) is 18.2. The van der Waals surface area contributed by atoms with Gasteiger partial charge < -0.3 is 19.8 Å². The van der Waals surface area contributed by atoms with E-state index in [1.165, 1.54) is 16.7 Å². The lowest BCUT2D eigenvalue weighted by Gasteiger charge is -2.09. The zero-order valence-electron chi connectivity index (χ0n) is 37.1. The molecule has 0 unspecified atom stereocenters. The third kappa shape index (κ3) is 9.67. The molecule has 65 heavy (non-hydrogen) atoms. The molecule has 8 bridgehead atoms. The molecule has 0 saturated carbocycles. The van der Waals surface area contributed by atoms with Gasteiger partial charge in [0.25, 0.3) is 0 Å². The Kier molecular flexibility index (Phi) is 12.5. The van der Waals surface area contributed by atoms with Gasteiger partial charge in [-0.3, -0.25) is 9.59 Å². The number of fused-ring (bicyclic) bond motifs is 8. The van der Waals surface area contributed by atoms with E-state index in [-0.39, 0.29) is 12.4 Å². The number of hydrogen-bond donors (Lipinski definition) is 3. The number of carbonyl (C=O) groups is 2. The Morgan fingerprint density at radius 2 is 0.831 bits per heavy atom. The van der Waals surface area contributed by atoms with E-state index in [0.717, 1.165) is 115 Å². The molecule has 0 aliphatic carbocycles. The third-order valence-electron chi connectivity index (χ3n) is 12.2. The standard InChI is InChI=1S/C57H52N4O4/c1-36-15-21-39(22-16-36)54-44-27-29-46(58-44)55(40-23-17-37(2)18-24-40)48-31-33-50(60-48)57(42-11-10-12-43(35-42)65-53(64)14-9-7-5-4-6-8-13-52(62)63)51-34-32-49(61-51)56(47-30-28-45(54)59-47)41-25-19-38(3)20-26-41/h10-12,15-35,58,61H,4-9,13-14H2,1-3H3,(H,62,63). The lowest BCUT2D eigenvalue weighted by atomic mass is 10.0. The number of unbranched alkanes of at least 4 members (excludes halogenated alkanes) is 5. The van der Waals surface area contributed by atoms with Gasteiger partial charge in [-0.1, -0.05) is 127 Å². The molecular formula is C57H52N4O4. The van der Waals surface area contributed by atoms with E-state index in [4.69, 9.17) is 19.8 Å². The molecule has 8 heteroatoms. The molecule has 0 spiro atoms. The second-order valence-corrected chi connectivity index (χ2v) is 17.1. The molecule has 0 fully saturated rings. The highest BCUT2D eigenvalue weighted by Gasteiger charge is 2.20. The van der Waals surface area contributed by atoms with Crippen LogP contribution in [0.5, 0.6) is 5.75 Å². The predicted octanol–water partition coefficient (Wildman–Crippen LogP) is 14.4. The summed E-state index contributed by atoms with van der Waals surface area (Å²) in [6.45, 7) is 6.29. The van der Waals surface area contributed by atoms with Crippen molar-refractivity contribution in [1.29, 1.82) is 0 Å². The van der Waals surface area contributed by atoms with Crippen LogP contribution in [0.2, 0.25) is 0 Å². The van der Waals surface area contributed by atoms with Gasteiger partial charge in [0.05, 0.1) is 22.8 Å². The first-order valence-corrected chi connectivity index (χ1v) is 22.6. The summed E-state index contributed by atoms with van der Waals surface area (Å²) in [5, 5.41) is 8.89. The molecule has 3 N–H and O–H groups in total. The van der Waals surface area contributed by atoms with E-state index in [2.05, 4.69) is 152 Å². The van der Waals surface area contributed by atoms with Gasteiger partial charge in [-0.15, -0.1) is 0 Å². The van der Waals surface area contributed by atoms with Crippen molar-refractivity contribution < 1.29 is 19.4 Å². The zero-order chi connectivity index (χ0) is 44.9. The van der Waals surface area contributed by atoms with E-state index in [1.54, 1.807) is 0 Å². The second kappa shape index (κ2) is 19.0. The van der Waals surface area contributed by atoms with E-state index >= 15 is 0 Å². The van der Waals surface area contributed by atoms with E-state index in [9.17, 15) is 9.59 Å². The highest BCUT2D eigenvalue weighted by atomic mass is 16.5. The van der Waals surface area contributed by atoms with Crippen LogP contribution in [0.15, 0.2) is 121 Å². The Morgan fingerprint density at radius 3 is 1.23 bits per heavy atom. The number of aryl methyl sites for hydroxylation is 3. The van der Waals surface area contributed by atoms with Gasteiger partial charge in [-0.25, -0.2) is 9.97 Å². The van der Waals surface area contributed by atoms with Gasteiger partial charge in [-0.05, 0) is 117 Å². The van der Waals surface area contributed by atoms with Crippen LogP contribution in [0, 0.1) is 20.8 Å². The molecule has 324 valence electrons. The fourth-order valence-corrected chi connectivity index (χ4v) is 8.73. The Labute approximate surface area is 379 Å². The normalized spacial score (nSPS) is 11.9. The number of aromatic amines is 2. The number of carboxylic acids is 1. The first-order valence-electron chi connectivity index (χ1n) is 22.6. The maximum Gasteiger partial charge on any atom is 0.311 e. The Bertz CT molecular complexity index is 3090. The number of nitrogens with zero attached hydrogens (tertiary/aromatic N) is 2. The fraction of sp³-hybridized carbons (Fsp3) is 0.193. The largest absolute Gasteiger partial charge is 0.481 e. The number of carboxylic acid groups (broad SMARTS) is 1. The topological polar surface area (TPSA) is 121 Å². The summed E-state index contributed by atoms with van der Waals surface area (Å²) < 4.78 is 5.96. The number of ether oxygens (including phenoxy) is 1. The highest BCUT2D eigenvalue weighted by molar-refractivity contribution is 6.00. The van der Waals surface area contributed by atoms with Crippen molar-refractivity contribution in [3.8, 4) is 50.3 Å². The second-order valence-electron chi connectivity index (χ2n) is 17.1. The minimum absolute atomic E-state index is 0.203. The summed E-state index contributed by atoms with van der Waals surface area (Å²) in [6, 6.07) is 41.9. The average molecular weight is 857 g/mol. The molecule has 9 rings (SSSR count). The number of nitrogens with one attached hydrogen (secondary N) is 2. The molecule has 4 aromatic carbocycles. The van der Waals surface area contributed by atoms with Gasteiger partial charge in [0.2, 0.25) is 0 Å². The summed E-state index contributed by atoms with van der Waals surface area (Å²) in [5.74, 6) is -0.573. The van der Waals surface area contributed by atoms with Crippen LogP contribution in [0.3, 0.4) is 0 Å². The van der Waals surface area contributed by atoms with Crippen LogP contribution in [0.4, 0.5) is 0 Å². The number of aromatic nitrogens is 4. The quantitative estimate of drug-likeness (QED) is 0.0569. The van der Waals surface area contributed by atoms with Crippen LogP contribution in [0.1, 0.15) is 90.8 Å². The van der Waals surface area contributed by atoms with Crippen molar-refractivity contribution in [2.45, 2.75) is 72.1 Å². The van der Waals surface area contributed by atoms with Crippen molar-refractivity contribution in [2.24, 2.45) is 0 Å². The van der Waals surface area contributed by atoms with Crippen LogP contribution < -0.4 is 4.74 Å². The first-order chi connectivity index (χ1) is 31.7. The maximum absolute atomic E-state index is 13.2. The molecule has 2 aliphatic rings. The van der Waals surface area contributed by atoms with Crippen molar-refractivity contribution in [2.75, 3.05) is 0 Å². The highest BCUT2D eigenvalue weighted by Crippen LogP contribution is 2.39. The zero-order valence-corrected chi connectivity index (χ0v) is 37.1. The van der Waals surface area contributed by atoms with Crippen molar-refractivity contribution in [3.05, 3.63) is 161 Å². The molecular weight excluding hydrogens is 805 g/mol. The molecule has 5 heterocycles. The minimum Gasteiger partial charge on any atom is -0.481 e. The summed E-state index contributed by atoms with van der Waals surface area (Å²) >= 11 is 0. The monoisotopic (exact) mass is 856 g/mol. The molecule has 3 aromatic heterocycles. The van der Waals surface area contributed by atoms with E-state index in [1.807, 2.05) is 24.3 Å². The van der Waals surface area contributed by atoms with Crippen LogP contribution in [0.25, 0.3) is 90.9 Å². The van der Waals surface area contributed by atoms with Crippen LogP contribution in [-0.4, -0.2) is 37.0 Å². The first kappa shape index (κ1) is 42.7. The summed E-state index contributed by atoms with van der Waals surface area (Å²) in [7, 11) is 0. The molecule has 0 atom stereocenters. The van der Waals surface area contributed by atoms with Crippen molar-refractivity contribution in [3.63, 3.8) is 0 Å². The lowest BCUT2D eigenvalue weighted by molar-refractivity contribution is -0.137. The molecule has 8 nitrogen and oxygen atoms in total. The number of H-pyrrole nitrogens is 2. The predicted molar refractivity (Wildman–Crippen MR) is 265 cm³/mol. The van der Waals surface area contributed by atoms with Crippen molar-refractivity contribution in [1.82, 2.24) is 19.9 Å². The summed E-state index contributed by atoms with van der Waals surface area (Å²) in [4.78, 5) is 42.4. The fourth-order valence-electron chi connectivity index (χ4n) is 8.73.